The number of aryl methyl sites for hydroxylation is 1. The standard InChI is InChI=1S/C17H19BrN2/c18-15-12-13(9-10-19)7-8-17(15)20-11-3-5-14-4-1-2-6-16(14)20/h1-2,4,6-8,12H,3,5,9-11,19H2. The van der Waals surface area contributed by atoms with E-state index in [0.717, 1.165) is 17.4 Å². The van der Waals surface area contributed by atoms with Gasteiger partial charge in [-0.25, -0.2) is 0 Å². The summed E-state index contributed by atoms with van der Waals surface area (Å²) in [5.41, 5.74) is 10.9. The second-order valence-corrected chi connectivity index (χ2v) is 6.06. The fourth-order valence-electron chi connectivity index (χ4n) is 2.88. The van der Waals surface area contributed by atoms with Crippen LogP contribution in [0.4, 0.5) is 11.4 Å². The van der Waals surface area contributed by atoms with Gasteiger partial charge in [0, 0.05) is 16.7 Å². The zero-order valence-corrected chi connectivity index (χ0v) is 13.1. The summed E-state index contributed by atoms with van der Waals surface area (Å²) in [5.74, 6) is 0. The van der Waals surface area contributed by atoms with Gasteiger partial charge in [-0.3, -0.25) is 0 Å². The molecule has 2 N–H and O–H groups in total. The van der Waals surface area contributed by atoms with Gasteiger partial charge < -0.3 is 10.6 Å². The van der Waals surface area contributed by atoms with Crippen LogP contribution in [0.2, 0.25) is 0 Å². The van der Waals surface area contributed by atoms with E-state index in [1.807, 2.05) is 0 Å². The molecule has 1 aliphatic rings. The van der Waals surface area contributed by atoms with Gasteiger partial charge in [0.25, 0.3) is 0 Å². The molecule has 3 heteroatoms. The Morgan fingerprint density at radius 1 is 1.10 bits per heavy atom. The summed E-state index contributed by atoms with van der Waals surface area (Å²) in [7, 11) is 0. The zero-order valence-electron chi connectivity index (χ0n) is 11.5. The van der Waals surface area contributed by atoms with Crippen molar-refractivity contribution < 1.29 is 0 Å². The molecule has 0 unspecified atom stereocenters. The summed E-state index contributed by atoms with van der Waals surface area (Å²) in [5, 5.41) is 0. The highest BCUT2D eigenvalue weighted by Crippen LogP contribution is 2.37. The lowest BCUT2D eigenvalue weighted by Gasteiger charge is -2.32. The molecule has 2 aromatic carbocycles. The van der Waals surface area contributed by atoms with Crippen LogP contribution in [0.1, 0.15) is 17.5 Å². The summed E-state index contributed by atoms with van der Waals surface area (Å²) in [4.78, 5) is 2.41. The molecule has 0 saturated heterocycles. The SMILES string of the molecule is NCCc1ccc(N2CCCc3ccccc32)c(Br)c1. The molecule has 2 nitrogen and oxygen atoms in total. The normalized spacial score (nSPS) is 14.2. The summed E-state index contributed by atoms with van der Waals surface area (Å²) < 4.78 is 1.15. The Morgan fingerprint density at radius 2 is 1.95 bits per heavy atom. The number of rotatable bonds is 3. The van der Waals surface area contributed by atoms with Gasteiger partial charge >= 0.3 is 0 Å². The summed E-state index contributed by atoms with van der Waals surface area (Å²) in [6.45, 7) is 1.77. The highest BCUT2D eigenvalue weighted by Gasteiger charge is 2.19. The molecule has 0 aliphatic carbocycles. The van der Waals surface area contributed by atoms with E-state index in [0.29, 0.717) is 6.54 Å². The van der Waals surface area contributed by atoms with Gasteiger partial charge in [-0.05, 0) is 71.1 Å². The van der Waals surface area contributed by atoms with Crippen molar-refractivity contribution in [3.63, 3.8) is 0 Å². The molecule has 0 spiro atoms. The van der Waals surface area contributed by atoms with Gasteiger partial charge in [0.2, 0.25) is 0 Å². The maximum atomic E-state index is 5.63. The van der Waals surface area contributed by atoms with E-state index in [2.05, 4.69) is 63.3 Å². The first-order valence-electron chi connectivity index (χ1n) is 7.13. The average molecular weight is 331 g/mol. The lowest BCUT2D eigenvalue weighted by atomic mass is 10.0. The van der Waals surface area contributed by atoms with Crippen molar-refractivity contribution in [2.75, 3.05) is 18.0 Å². The molecule has 0 fully saturated rings. The number of fused-ring (bicyclic) bond motifs is 1. The van der Waals surface area contributed by atoms with Crippen molar-refractivity contribution in [1.82, 2.24) is 0 Å². The fraction of sp³-hybridized carbons (Fsp3) is 0.294. The molecule has 0 atom stereocenters. The fourth-order valence-corrected chi connectivity index (χ4v) is 3.52. The number of benzene rings is 2. The van der Waals surface area contributed by atoms with Crippen LogP contribution in [0.3, 0.4) is 0 Å². The van der Waals surface area contributed by atoms with E-state index in [4.69, 9.17) is 5.73 Å². The topological polar surface area (TPSA) is 29.3 Å². The molecule has 104 valence electrons. The summed E-state index contributed by atoms with van der Waals surface area (Å²) in [6, 6.07) is 15.3. The van der Waals surface area contributed by atoms with E-state index in [1.54, 1.807) is 0 Å². The van der Waals surface area contributed by atoms with Gasteiger partial charge in [-0.15, -0.1) is 0 Å². The maximum Gasteiger partial charge on any atom is 0.0555 e. The smallest absolute Gasteiger partial charge is 0.0555 e. The van der Waals surface area contributed by atoms with Crippen molar-refractivity contribution in [2.24, 2.45) is 5.73 Å². The lowest BCUT2D eigenvalue weighted by Crippen LogP contribution is -2.24. The van der Waals surface area contributed by atoms with Gasteiger partial charge in [0.05, 0.1) is 5.69 Å². The van der Waals surface area contributed by atoms with Crippen LogP contribution in [-0.2, 0) is 12.8 Å². The molecule has 1 aliphatic heterocycles. The van der Waals surface area contributed by atoms with Crippen molar-refractivity contribution in [3.05, 3.63) is 58.1 Å². The number of para-hydroxylation sites is 1. The number of anilines is 2. The largest absolute Gasteiger partial charge is 0.340 e. The van der Waals surface area contributed by atoms with Gasteiger partial charge in [-0.2, -0.15) is 0 Å². The zero-order chi connectivity index (χ0) is 13.9. The minimum Gasteiger partial charge on any atom is -0.340 e. The molecule has 3 rings (SSSR count). The average Bonchev–Trinajstić information content (AvgIpc) is 2.47. The summed E-state index contributed by atoms with van der Waals surface area (Å²) in [6.07, 6.45) is 3.30. The Balaban J connectivity index is 1.98. The molecule has 0 radical (unpaired) electrons. The second kappa shape index (κ2) is 5.98. The molecular weight excluding hydrogens is 312 g/mol. The number of hydrogen-bond acceptors (Lipinski definition) is 2. The predicted octanol–water partition coefficient (Wildman–Crippen LogP) is 4.03. The van der Waals surface area contributed by atoms with Crippen LogP contribution in [-0.4, -0.2) is 13.1 Å². The van der Waals surface area contributed by atoms with Crippen LogP contribution in [0.25, 0.3) is 0 Å². The van der Waals surface area contributed by atoms with Crippen LogP contribution in [0.15, 0.2) is 46.9 Å². The Labute approximate surface area is 128 Å². The van der Waals surface area contributed by atoms with Crippen LogP contribution in [0, 0.1) is 0 Å². The molecular formula is C17H19BrN2. The quantitative estimate of drug-likeness (QED) is 0.920. The number of halogens is 1. The number of hydrogen-bond donors (Lipinski definition) is 1. The number of nitrogens with zero attached hydrogens (tertiary/aromatic N) is 1. The van der Waals surface area contributed by atoms with E-state index >= 15 is 0 Å². The van der Waals surface area contributed by atoms with E-state index < -0.39 is 0 Å². The highest BCUT2D eigenvalue weighted by molar-refractivity contribution is 9.10. The first kappa shape index (κ1) is 13.7. The van der Waals surface area contributed by atoms with Crippen LogP contribution < -0.4 is 10.6 Å². The van der Waals surface area contributed by atoms with Crippen molar-refractivity contribution >= 4 is 27.3 Å². The Kier molecular flexibility index (Phi) is 4.08. The molecule has 1 heterocycles. The molecule has 20 heavy (non-hydrogen) atoms. The third-order valence-electron chi connectivity index (χ3n) is 3.85. The molecule has 0 amide bonds. The Hall–Kier alpha value is -1.32. The van der Waals surface area contributed by atoms with E-state index in [1.165, 1.54) is 35.3 Å². The maximum absolute atomic E-state index is 5.63. The third kappa shape index (κ3) is 2.60. The molecule has 0 bridgehead atoms. The van der Waals surface area contributed by atoms with Gasteiger partial charge in [0.1, 0.15) is 0 Å². The van der Waals surface area contributed by atoms with Crippen molar-refractivity contribution in [1.29, 1.82) is 0 Å². The predicted molar refractivity (Wildman–Crippen MR) is 88.7 cm³/mol. The molecule has 2 aromatic rings. The third-order valence-corrected chi connectivity index (χ3v) is 4.48. The van der Waals surface area contributed by atoms with Crippen molar-refractivity contribution in [3.8, 4) is 0 Å². The van der Waals surface area contributed by atoms with Gasteiger partial charge in [-0.1, -0.05) is 24.3 Å². The molecule has 0 aromatic heterocycles. The van der Waals surface area contributed by atoms with E-state index in [-0.39, 0.29) is 0 Å². The lowest BCUT2D eigenvalue weighted by molar-refractivity contribution is 0.765. The monoisotopic (exact) mass is 330 g/mol. The first-order chi connectivity index (χ1) is 9.79. The highest BCUT2D eigenvalue weighted by atomic mass is 79.9. The minimum atomic E-state index is 0.693. The van der Waals surface area contributed by atoms with Crippen molar-refractivity contribution in [2.45, 2.75) is 19.3 Å². The summed E-state index contributed by atoms with van der Waals surface area (Å²) >= 11 is 3.72. The van der Waals surface area contributed by atoms with E-state index in [9.17, 15) is 0 Å². The second-order valence-electron chi connectivity index (χ2n) is 5.21. The van der Waals surface area contributed by atoms with Gasteiger partial charge in [0.15, 0.2) is 0 Å². The number of nitrogens with two attached hydrogens (primary N) is 1. The van der Waals surface area contributed by atoms with Crippen LogP contribution >= 0.6 is 15.9 Å². The van der Waals surface area contributed by atoms with Crippen LogP contribution in [0.5, 0.6) is 0 Å². The minimum absolute atomic E-state index is 0.693. The first-order valence-corrected chi connectivity index (χ1v) is 7.93. The molecule has 0 saturated carbocycles. The Morgan fingerprint density at radius 3 is 2.75 bits per heavy atom. The Bertz CT molecular complexity index is 610.